The highest BCUT2D eigenvalue weighted by molar-refractivity contribution is 5.81. The van der Waals surface area contributed by atoms with Crippen molar-refractivity contribution in [1.82, 2.24) is 19.5 Å². The molecule has 4 atom stereocenters. The normalized spacial score (nSPS) is 28.3. The van der Waals surface area contributed by atoms with Crippen molar-refractivity contribution in [3.05, 3.63) is 12.7 Å². The lowest BCUT2D eigenvalue weighted by Crippen LogP contribution is -2.32. The van der Waals surface area contributed by atoms with Crippen LogP contribution < -0.4 is 11.5 Å². The standard InChI is InChI=1S/C12H16N6O4/c13-7(20)1-5-6(2-19)22-12(9(5)21)18-4-17-8-10(14)15-3-16-11(8)18/h3-6,9,12,19,21H,1-2H2,(H2,13,20)(H2,14,15,16)/t5?,6-,9?,12-/m1/s1. The molecule has 3 heterocycles. The minimum absolute atomic E-state index is 0.0906. The second kappa shape index (κ2) is 5.48. The number of ether oxygens (including phenoxy) is 1. The van der Waals surface area contributed by atoms with Crippen LogP contribution in [0.5, 0.6) is 0 Å². The third kappa shape index (κ3) is 2.26. The SMILES string of the molecule is NC(=O)CC1C(O)[C@H](n2cnc3c(N)ncnc32)O[C@@H]1CO. The van der Waals surface area contributed by atoms with Gasteiger partial charge in [0.1, 0.15) is 17.9 Å². The number of aliphatic hydroxyl groups excluding tert-OH is 2. The molecule has 3 rings (SSSR count). The number of fused-ring (bicyclic) bond motifs is 1. The minimum Gasteiger partial charge on any atom is -0.394 e. The molecule has 0 aliphatic carbocycles. The Hall–Kier alpha value is -2.30. The largest absolute Gasteiger partial charge is 0.394 e. The second-order valence-electron chi connectivity index (χ2n) is 5.16. The van der Waals surface area contributed by atoms with Crippen molar-refractivity contribution in [1.29, 1.82) is 0 Å². The van der Waals surface area contributed by atoms with E-state index in [0.29, 0.717) is 11.2 Å². The molecule has 0 spiro atoms. The number of primary amides is 1. The minimum atomic E-state index is -1.04. The lowest BCUT2D eigenvalue weighted by molar-refractivity contribution is -0.120. The van der Waals surface area contributed by atoms with Gasteiger partial charge in [0.25, 0.3) is 0 Å². The molecule has 1 aliphatic heterocycles. The molecule has 1 saturated heterocycles. The van der Waals surface area contributed by atoms with Crippen LogP contribution in [0.25, 0.3) is 11.2 Å². The summed E-state index contributed by atoms with van der Waals surface area (Å²) in [6.45, 7) is -0.338. The van der Waals surface area contributed by atoms with E-state index in [9.17, 15) is 15.0 Å². The van der Waals surface area contributed by atoms with E-state index in [1.54, 1.807) is 0 Å². The zero-order valence-corrected chi connectivity index (χ0v) is 11.5. The predicted octanol–water partition coefficient (Wildman–Crippen LogP) is -1.85. The van der Waals surface area contributed by atoms with Crippen molar-refractivity contribution in [3.63, 3.8) is 0 Å². The molecule has 6 N–H and O–H groups in total. The molecule has 2 unspecified atom stereocenters. The monoisotopic (exact) mass is 308 g/mol. The van der Waals surface area contributed by atoms with Gasteiger partial charge in [0.05, 0.1) is 19.0 Å². The van der Waals surface area contributed by atoms with Crippen LogP contribution >= 0.6 is 0 Å². The van der Waals surface area contributed by atoms with Gasteiger partial charge in [0.15, 0.2) is 17.7 Å². The Morgan fingerprint density at radius 1 is 1.41 bits per heavy atom. The van der Waals surface area contributed by atoms with Gasteiger partial charge >= 0.3 is 0 Å². The summed E-state index contributed by atoms with van der Waals surface area (Å²) in [5.74, 6) is -0.971. The van der Waals surface area contributed by atoms with Crippen molar-refractivity contribution in [2.24, 2.45) is 11.7 Å². The molecule has 2 aromatic heterocycles. The number of nitrogen functional groups attached to an aromatic ring is 1. The molecule has 0 bridgehead atoms. The number of hydrogen-bond donors (Lipinski definition) is 4. The number of aliphatic hydroxyl groups is 2. The number of nitrogens with two attached hydrogens (primary N) is 2. The van der Waals surface area contributed by atoms with E-state index in [0.717, 1.165) is 0 Å². The average molecular weight is 308 g/mol. The lowest BCUT2D eigenvalue weighted by Gasteiger charge is -2.18. The van der Waals surface area contributed by atoms with Crippen molar-refractivity contribution in [2.45, 2.75) is 24.9 Å². The molecule has 10 nitrogen and oxygen atoms in total. The van der Waals surface area contributed by atoms with Crippen molar-refractivity contribution >= 4 is 22.9 Å². The highest BCUT2D eigenvalue weighted by Gasteiger charge is 2.45. The zero-order valence-electron chi connectivity index (χ0n) is 11.5. The number of hydrogen-bond acceptors (Lipinski definition) is 8. The molecule has 0 aromatic carbocycles. The Bertz CT molecular complexity index is 704. The molecular weight excluding hydrogens is 292 g/mol. The predicted molar refractivity (Wildman–Crippen MR) is 74.0 cm³/mol. The fourth-order valence-corrected chi connectivity index (χ4v) is 2.74. The Labute approximate surface area is 124 Å². The summed E-state index contributed by atoms with van der Waals surface area (Å²) >= 11 is 0. The fraction of sp³-hybridized carbons (Fsp3) is 0.500. The van der Waals surface area contributed by atoms with E-state index >= 15 is 0 Å². The molecule has 1 aliphatic rings. The van der Waals surface area contributed by atoms with Gasteiger partial charge in [0, 0.05) is 12.3 Å². The summed E-state index contributed by atoms with van der Waals surface area (Å²) in [6, 6.07) is 0. The van der Waals surface area contributed by atoms with E-state index in [2.05, 4.69) is 15.0 Å². The molecule has 1 amide bonds. The quantitative estimate of drug-likeness (QED) is 0.511. The summed E-state index contributed by atoms with van der Waals surface area (Å²) in [7, 11) is 0. The van der Waals surface area contributed by atoms with Crippen LogP contribution in [0.4, 0.5) is 5.82 Å². The van der Waals surface area contributed by atoms with E-state index in [1.165, 1.54) is 17.2 Å². The van der Waals surface area contributed by atoms with E-state index in [1.807, 2.05) is 0 Å². The third-order valence-electron chi connectivity index (χ3n) is 3.80. The van der Waals surface area contributed by atoms with Crippen molar-refractivity contribution < 1.29 is 19.7 Å². The van der Waals surface area contributed by atoms with Gasteiger partial charge in [0.2, 0.25) is 5.91 Å². The van der Waals surface area contributed by atoms with Crippen LogP contribution in [0.1, 0.15) is 12.6 Å². The van der Waals surface area contributed by atoms with Gasteiger partial charge in [-0.1, -0.05) is 0 Å². The maximum atomic E-state index is 11.1. The second-order valence-corrected chi connectivity index (χ2v) is 5.16. The van der Waals surface area contributed by atoms with Gasteiger partial charge in [-0.2, -0.15) is 0 Å². The average Bonchev–Trinajstić information content (AvgIpc) is 3.02. The number of amides is 1. The number of aromatic nitrogens is 4. The lowest BCUT2D eigenvalue weighted by atomic mass is 9.94. The highest BCUT2D eigenvalue weighted by atomic mass is 16.5. The highest BCUT2D eigenvalue weighted by Crippen LogP contribution is 2.37. The van der Waals surface area contributed by atoms with Crippen LogP contribution in [0, 0.1) is 5.92 Å². The molecule has 1 fully saturated rings. The molecule has 22 heavy (non-hydrogen) atoms. The van der Waals surface area contributed by atoms with E-state index in [-0.39, 0.29) is 18.8 Å². The first-order valence-electron chi connectivity index (χ1n) is 6.68. The van der Waals surface area contributed by atoms with E-state index < -0.39 is 30.3 Å². The zero-order chi connectivity index (χ0) is 15.9. The number of carbonyl (C=O) groups is 1. The van der Waals surface area contributed by atoms with Crippen LogP contribution in [-0.4, -0.2) is 54.5 Å². The summed E-state index contributed by atoms with van der Waals surface area (Å²) in [4.78, 5) is 23.2. The summed E-state index contributed by atoms with van der Waals surface area (Å²) in [6.07, 6.45) is 0.0158. The third-order valence-corrected chi connectivity index (χ3v) is 3.80. The van der Waals surface area contributed by atoms with Gasteiger partial charge < -0.3 is 26.4 Å². The Kier molecular flexibility index (Phi) is 3.64. The fourth-order valence-electron chi connectivity index (χ4n) is 2.74. The van der Waals surface area contributed by atoms with Crippen LogP contribution in [-0.2, 0) is 9.53 Å². The van der Waals surface area contributed by atoms with Crippen LogP contribution in [0.2, 0.25) is 0 Å². The molecule has 0 radical (unpaired) electrons. The van der Waals surface area contributed by atoms with Crippen molar-refractivity contribution in [2.75, 3.05) is 12.3 Å². The van der Waals surface area contributed by atoms with Crippen LogP contribution in [0.3, 0.4) is 0 Å². The Morgan fingerprint density at radius 3 is 2.86 bits per heavy atom. The number of rotatable bonds is 4. The Balaban J connectivity index is 1.97. The summed E-state index contributed by atoms with van der Waals surface area (Å²) in [5.41, 5.74) is 11.7. The van der Waals surface area contributed by atoms with Crippen molar-refractivity contribution in [3.8, 4) is 0 Å². The number of imidazole rings is 1. The summed E-state index contributed by atoms with van der Waals surface area (Å²) in [5, 5.41) is 19.8. The molecule has 2 aromatic rings. The molecule has 0 saturated carbocycles. The van der Waals surface area contributed by atoms with E-state index in [4.69, 9.17) is 16.2 Å². The summed E-state index contributed by atoms with van der Waals surface area (Å²) < 4.78 is 7.14. The number of carbonyl (C=O) groups excluding carboxylic acids is 1. The van der Waals surface area contributed by atoms with Crippen LogP contribution in [0.15, 0.2) is 12.7 Å². The van der Waals surface area contributed by atoms with Gasteiger partial charge in [-0.15, -0.1) is 0 Å². The smallest absolute Gasteiger partial charge is 0.217 e. The number of nitrogens with zero attached hydrogens (tertiary/aromatic N) is 4. The first kappa shape index (κ1) is 14.6. The molecule has 10 heteroatoms. The first-order chi connectivity index (χ1) is 10.5. The van der Waals surface area contributed by atoms with Gasteiger partial charge in [-0.05, 0) is 0 Å². The van der Waals surface area contributed by atoms with Gasteiger partial charge in [-0.3, -0.25) is 9.36 Å². The maximum Gasteiger partial charge on any atom is 0.217 e. The first-order valence-corrected chi connectivity index (χ1v) is 6.68. The number of anilines is 1. The topological polar surface area (TPSA) is 162 Å². The molecule has 118 valence electrons. The van der Waals surface area contributed by atoms with Gasteiger partial charge in [-0.25, -0.2) is 15.0 Å². The maximum absolute atomic E-state index is 11.1. The molecular formula is C12H16N6O4. The Morgan fingerprint density at radius 2 is 2.18 bits per heavy atom.